The smallest absolute Gasteiger partial charge is 0.169 e. The molecular formula is C30H49NO5. The quantitative estimate of drug-likeness (QED) is 0.612. The number of rotatable bonds is 4. The number of aliphatic hydroxyl groups excluding tert-OH is 1. The van der Waals surface area contributed by atoms with Crippen molar-refractivity contribution in [3.8, 4) is 0 Å². The highest BCUT2D eigenvalue weighted by atomic mass is 16.7. The maximum Gasteiger partial charge on any atom is 0.169 e. The van der Waals surface area contributed by atoms with E-state index in [4.69, 9.17) is 14.2 Å². The summed E-state index contributed by atoms with van der Waals surface area (Å²) in [6.07, 6.45) is 9.21. The molecule has 36 heavy (non-hydrogen) atoms. The number of fused-ring (bicyclic) bond motifs is 5. The molecular weight excluding hydrogens is 454 g/mol. The van der Waals surface area contributed by atoms with Gasteiger partial charge in [-0.25, -0.2) is 0 Å². The zero-order chi connectivity index (χ0) is 25.3. The van der Waals surface area contributed by atoms with Gasteiger partial charge in [-0.1, -0.05) is 27.2 Å². The van der Waals surface area contributed by atoms with E-state index in [2.05, 4.69) is 32.6 Å². The van der Waals surface area contributed by atoms with Crippen molar-refractivity contribution in [3.63, 3.8) is 0 Å². The molecule has 2 aliphatic heterocycles. The van der Waals surface area contributed by atoms with Gasteiger partial charge in [0.15, 0.2) is 5.79 Å². The minimum Gasteiger partial charge on any atom is -0.391 e. The predicted octanol–water partition coefficient (Wildman–Crippen LogP) is 4.43. The van der Waals surface area contributed by atoms with Crippen molar-refractivity contribution >= 4 is 5.78 Å². The fraction of sp³-hybridized carbons (Fsp3) is 0.967. The lowest BCUT2D eigenvalue weighted by atomic mass is 9.43. The number of aliphatic hydroxyl groups is 1. The van der Waals surface area contributed by atoms with Gasteiger partial charge in [0.25, 0.3) is 0 Å². The Labute approximate surface area is 217 Å². The van der Waals surface area contributed by atoms with E-state index in [-0.39, 0.29) is 40.9 Å². The van der Waals surface area contributed by atoms with Crippen LogP contribution in [0.3, 0.4) is 0 Å². The Hall–Kier alpha value is -0.530. The number of nitrogens with zero attached hydrogens (tertiary/aromatic N) is 1. The van der Waals surface area contributed by atoms with Crippen molar-refractivity contribution in [2.24, 2.45) is 40.4 Å². The number of Topliss-reactive ketones (excluding diaryl/α,β-unsaturated/α-hetero) is 1. The van der Waals surface area contributed by atoms with Crippen molar-refractivity contribution in [2.45, 2.75) is 110 Å². The summed E-state index contributed by atoms with van der Waals surface area (Å²) in [5, 5.41) is 11.3. The number of hydrogen-bond acceptors (Lipinski definition) is 6. The molecule has 1 N–H and O–H groups in total. The van der Waals surface area contributed by atoms with Crippen LogP contribution in [0.15, 0.2) is 0 Å². The molecule has 204 valence electrons. The van der Waals surface area contributed by atoms with Crippen LogP contribution in [-0.4, -0.2) is 72.7 Å². The van der Waals surface area contributed by atoms with Gasteiger partial charge in [0, 0.05) is 37.4 Å². The average Bonchev–Trinajstić information content (AvgIpc) is 3.43. The van der Waals surface area contributed by atoms with Crippen LogP contribution in [0.25, 0.3) is 0 Å². The second-order valence-corrected chi connectivity index (χ2v) is 13.9. The van der Waals surface area contributed by atoms with E-state index >= 15 is 0 Å². The van der Waals surface area contributed by atoms with Gasteiger partial charge in [0.05, 0.1) is 32.0 Å². The Kier molecular flexibility index (Phi) is 6.64. The van der Waals surface area contributed by atoms with E-state index in [0.717, 1.165) is 64.6 Å². The summed E-state index contributed by atoms with van der Waals surface area (Å²) in [5.41, 5.74) is -0.0577. The van der Waals surface area contributed by atoms with Gasteiger partial charge in [-0.3, -0.25) is 9.69 Å². The molecule has 0 aromatic rings. The minimum absolute atomic E-state index is 0.0217. The van der Waals surface area contributed by atoms with Crippen molar-refractivity contribution in [1.29, 1.82) is 0 Å². The van der Waals surface area contributed by atoms with E-state index in [1.54, 1.807) is 0 Å². The summed E-state index contributed by atoms with van der Waals surface area (Å²) in [6, 6.07) is 0.143. The molecule has 0 aromatic carbocycles. The summed E-state index contributed by atoms with van der Waals surface area (Å²) < 4.78 is 18.3. The van der Waals surface area contributed by atoms with Crippen LogP contribution in [0.2, 0.25) is 0 Å². The monoisotopic (exact) mass is 503 g/mol. The first-order chi connectivity index (χ1) is 17.2. The van der Waals surface area contributed by atoms with E-state index < -0.39 is 5.79 Å². The minimum atomic E-state index is -0.539. The van der Waals surface area contributed by atoms with Crippen LogP contribution in [0.1, 0.15) is 85.5 Å². The van der Waals surface area contributed by atoms with Crippen molar-refractivity contribution < 1.29 is 24.1 Å². The Morgan fingerprint density at radius 3 is 2.56 bits per heavy atom. The highest BCUT2D eigenvalue weighted by molar-refractivity contribution is 5.84. The molecule has 0 unspecified atom stereocenters. The molecule has 0 spiro atoms. The zero-order valence-electron chi connectivity index (χ0n) is 23.0. The van der Waals surface area contributed by atoms with Gasteiger partial charge in [0.1, 0.15) is 5.78 Å². The van der Waals surface area contributed by atoms with E-state index in [9.17, 15) is 9.90 Å². The zero-order valence-corrected chi connectivity index (χ0v) is 23.0. The molecule has 0 amide bonds. The SMILES string of the molecule is CCC[C@@H]1CN([C@H]2C[C@@]3(C)[C@@H](CC[C@H]4[C@@H]5CC[C@H](C6(C)OCCO6)[C@@]5(C)CC(=O)[C@@H]43)C[C@@H]2O)CCO1. The molecule has 6 heteroatoms. The lowest BCUT2D eigenvalue weighted by molar-refractivity contribution is -0.218. The van der Waals surface area contributed by atoms with Crippen LogP contribution in [-0.2, 0) is 19.0 Å². The predicted molar refractivity (Wildman–Crippen MR) is 137 cm³/mol. The second kappa shape index (κ2) is 9.29. The van der Waals surface area contributed by atoms with Crippen molar-refractivity contribution in [1.82, 2.24) is 4.90 Å². The van der Waals surface area contributed by atoms with Crippen LogP contribution in [0, 0.1) is 40.4 Å². The number of ether oxygens (including phenoxy) is 3. The molecule has 6 fully saturated rings. The fourth-order valence-electron chi connectivity index (χ4n) is 10.6. The Bertz CT molecular complexity index is 841. The average molecular weight is 504 g/mol. The van der Waals surface area contributed by atoms with E-state index in [1.807, 2.05) is 0 Å². The first kappa shape index (κ1) is 25.7. The van der Waals surface area contributed by atoms with Crippen LogP contribution >= 0.6 is 0 Å². The Morgan fingerprint density at radius 2 is 1.81 bits per heavy atom. The Morgan fingerprint density at radius 1 is 1.03 bits per heavy atom. The van der Waals surface area contributed by atoms with E-state index in [0.29, 0.717) is 43.2 Å². The van der Waals surface area contributed by atoms with Gasteiger partial charge < -0.3 is 19.3 Å². The summed E-state index contributed by atoms with van der Waals surface area (Å²) in [6.45, 7) is 13.0. The van der Waals surface area contributed by atoms with Gasteiger partial charge >= 0.3 is 0 Å². The van der Waals surface area contributed by atoms with Gasteiger partial charge in [-0.05, 0) is 80.5 Å². The molecule has 2 heterocycles. The number of morpholine rings is 1. The van der Waals surface area contributed by atoms with Gasteiger partial charge in [-0.2, -0.15) is 0 Å². The van der Waals surface area contributed by atoms with Crippen LogP contribution in [0.4, 0.5) is 0 Å². The molecule has 6 rings (SSSR count). The summed E-state index contributed by atoms with van der Waals surface area (Å²) in [7, 11) is 0. The maximum atomic E-state index is 14.2. The molecule has 0 bridgehead atoms. The number of hydrogen-bond donors (Lipinski definition) is 1. The van der Waals surface area contributed by atoms with Crippen LogP contribution in [0.5, 0.6) is 0 Å². The lowest BCUT2D eigenvalue weighted by Crippen LogP contribution is -2.63. The molecule has 6 nitrogen and oxygen atoms in total. The largest absolute Gasteiger partial charge is 0.391 e. The van der Waals surface area contributed by atoms with Gasteiger partial charge in [-0.15, -0.1) is 0 Å². The van der Waals surface area contributed by atoms with E-state index in [1.165, 1.54) is 6.42 Å². The lowest BCUT2D eigenvalue weighted by Gasteiger charge is -2.62. The highest BCUT2D eigenvalue weighted by Crippen LogP contribution is 2.68. The van der Waals surface area contributed by atoms with Crippen LogP contribution < -0.4 is 0 Å². The van der Waals surface area contributed by atoms with Crippen molar-refractivity contribution in [2.75, 3.05) is 32.9 Å². The number of carbonyl (C=O) groups excluding carboxylic acids is 1. The molecule has 4 aliphatic carbocycles. The summed E-state index contributed by atoms with van der Waals surface area (Å²) >= 11 is 0. The summed E-state index contributed by atoms with van der Waals surface area (Å²) in [4.78, 5) is 16.7. The first-order valence-corrected chi connectivity index (χ1v) is 15.0. The molecule has 0 radical (unpaired) electrons. The number of carbonyl (C=O) groups is 1. The second-order valence-electron chi connectivity index (χ2n) is 13.9. The highest BCUT2D eigenvalue weighted by Gasteiger charge is 2.67. The third-order valence-electron chi connectivity index (χ3n) is 12.1. The molecule has 4 saturated carbocycles. The van der Waals surface area contributed by atoms with Gasteiger partial charge in [0.2, 0.25) is 0 Å². The standard InChI is InChI=1S/C30H49NO5/c1-5-6-20-18-31(11-12-34-20)23-16-28(2)19(15-24(23)32)7-8-21-22-9-10-26(30(4)35-13-14-36-30)29(22,3)17-25(33)27(21)28/h19-24,26-27,32H,5-18H2,1-4H3/t19-,20+,21-,22-,23-,24-,26-,27+,28-,29-/m0/s1. The fourth-order valence-corrected chi connectivity index (χ4v) is 10.6. The molecule has 6 aliphatic rings. The maximum absolute atomic E-state index is 14.2. The third kappa shape index (κ3) is 3.87. The molecule has 2 saturated heterocycles. The normalized spacial score (nSPS) is 51.0. The Balaban J connectivity index is 1.25. The van der Waals surface area contributed by atoms with Crippen molar-refractivity contribution in [3.05, 3.63) is 0 Å². The number of ketones is 1. The molecule has 10 atom stereocenters. The topological polar surface area (TPSA) is 68.2 Å². The summed E-state index contributed by atoms with van der Waals surface area (Å²) in [5.74, 6) is 1.84. The third-order valence-corrected chi connectivity index (χ3v) is 12.1. The molecule has 0 aromatic heterocycles. The first-order valence-electron chi connectivity index (χ1n) is 15.0.